The molecule has 3 rings (SSSR count). The minimum absolute atomic E-state index is 0. The maximum atomic E-state index is 13.4. The highest BCUT2D eigenvalue weighted by atomic mass is 19.4. The van der Waals surface area contributed by atoms with Crippen molar-refractivity contribution in [3.05, 3.63) is 65.5 Å². The van der Waals surface area contributed by atoms with Crippen LogP contribution >= 0.6 is 0 Å². The minimum Gasteiger partial charge on any atom is -0.489 e. The van der Waals surface area contributed by atoms with Crippen LogP contribution in [0.15, 0.2) is 48.5 Å². The first-order valence-electron chi connectivity index (χ1n) is 7.67. The topological polar surface area (TPSA) is 72.5 Å². The summed E-state index contributed by atoms with van der Waals surface area (Å²) in [5.74, 6) is -2.34. The van der Waals surface area contributed by atoms with Gasteiger partial charge < -0.3 is 15.6 Å². The molecule has 2 aromatic carbocycles. The Morgan fingerprint density at radius 1 is 1.15 bits per heavy atom. The molecule has 0 heterocycles. The summed E-state index contributed by atoms with van der Waals surface area (Å²) in [5, 5.41) is 7.12. The number of benzene rings is 2. The summed E-state index contributed by atoms with van der Waals surface area (Å²) in [6.45, 7) is 0.468. The number of halogens is 4. The van der Waals surface area contributed by atoms with Gasteiger partial charge in [0.2, 0.25) is 0 Å². The number of nitrogens with two attached hydrogens (primary N) is 1. The lowest BCUT2D eigenvalue weighted by molar-refractivity contribution is -0.192. The van der Waals surface area contributed by atoms with E-state index >= 15 is 0 Å². The lowest BCUT2D eigenvalue weighted by Gasteiger charge is -2.16. The van der Waals surface area contributed by atoms with Crippen LogP contribution in [0.3, 0.4) is 0 Å². The molecule has 4 nitrogen and oxygen atoms in total. The number of aliphatic carboxylic acids is 1. The third kappa shape index (κ3) is 6.56. The zero-order valence-electron chi connectivity index (χ0n) is 13.6. The molecule has 148 valence electrons. The van der Waals surface area contributed by atoms with Gasteiger partial charge in [-0.1, -0.05) is 37.8 Å². The summed E-state index contributed by atoms with van der Waals surface area (Å²) >= 11 is 0. The smallest absolute Gasteiger partial charge is 0.489 e. The van der Waals surface area contributed by atoms with Gasteiger partial charge in [0.15, 0.2) is 0 Å². The zero-order valence-corrected chi connectivity index (χ0v) is 13.6. The van der Waals surface area contributed by atoms with E-state index in [1.807, 2.05) is 30.3 Å². The first-order chi connectivity index (χ1) is 12.1. The average molecular weight is 387 g/mol. The molecule has 0 bridgehead atoms. The summed E-state index contributed by atoms with van der Waals surface area (Å²) in [4.78, 5) is 8.90. The lowest BCUT2D eigenvalue weighted by atomic mass is 10.0. The molecule has 1 aliphatic rings. The summed E-state index contributed by atoms with van der Waals surface area (Å²) in [6, 6.07) is 14.5. The summed E-state index contributed by atoms with van der Waals surface area (Å²) < 4.78 is 50.9. The molecular weight excluding hydrogens is 366 g/mol. The van der Waals surface area contributed by atoms with E-state index in [9.17, 15) is 17.6 Å². The molecule has 0 aromatic heterocycles. The van der Waals surface area contributed by atoms with Crippen LogP contribution in [0.5, 0.6) is 5.75 Å². The molecule has 1 aliphatic carbocycles. The first-order valence-corrected chi connectivity index (χ1v) is 7.67. The number of hydrogen-bond donors (Lipinski definition) is 2. The number of carbonyl (C=O) groups is 1. The second kappa shape index (κ2) is 8.85. The Kier molecular flexibility index (Phi) is 7.36. The van der Waals surface area contributed by atoms with Crippen molar-refractivity contribution in [2.75, 3.05) is 0 Å². The van der Waals surface area contributed by atoms with Crippen molar-refractivity contribution >= 4 is 5.97 Å². The molecule has 0 amide bonds. The molecule has 3 N–H and O–H groups in total. The highest BCUT2D eigenvalue weighted by Crippen LogP contribution is 2.46. The van der Waals surface area contributed by atoms with Gasteiger partial charge in [0, 0.05) is 11.1 Å². The monoisotopic (exact) mass is 387 g/mol. The number of carboxylic acids is 1. The fourth-order valence-electron chi connectivity index (χ4n) is 2.16. The molecule has 0 unspecified atom stereocenters. The molecule has 1 saturated carbocycles. The number of alkyl halides is 3. The Balaban J connectivity index is 0.000000395. The van der Waals surface area contributed by atoms with Crippen LogP contribution in [0.2, 0.25) is 0 Å². The van der Waals surface area contributed by atoms with Crippen LogP contribution in [-0.2, 0) is 16.9 Å². The Labute approximate surface area is 154 Å². The van der Waals surface area contributed by atoms with Gasteiger partial charge in [-0.15, -0.1) is 0 Å². The van der Waals surface area contributed by atoms with Crippen molar-refractivity contribution in [3.8, 4) is 5.75 Å². The standard InChI is InChI=1S/C16H16FNO.C2HF3O2.CH4/c17-13-6-7-15(14(10-13)16(18)8-9-16)19-11-12-4-2-1-3-5-12;3-2(4,5)1(6)7;/h1-7,10H,8-9,11,18H2;(H,6,7);1H4. The van der Waals surface area contributed by atoms with E-state index < -0.39 is 17.7 Å². The van der Waals surface area contributed by atoms with E-state index in [4.69, 9.17) is 20.4 Å². The lowest BCUT2D eigenvalue weighted by Crippen LogP contribution is -2.21. The van der Waals surface area contributed by atoms with Crippen LogP contribution in [0.1, 0.15) is 31.4 Å². The van der Waals surface area contributed by atoms with Crippen molar-refractivity contribution < 1.29 is 32.2 Å². The molecule has 1 fully saturated rings. The molecule has 0 radical (unpaired) electrons. The van der Waals surface area contributed by atoms with Gasteiger partial charge in [-0.3, -0.25) is 0 Å². The van der Waals surface area contributed by atoms with Gasteiger partial charge in [0.1, 0.15) is 18.2 Å². The van der Waals surface area contributed by atoms with Gasteiger partial charge in [-0.2, -0.15) is 13.2 Å². The van der Waals surface area contributed by atoms with E-state index in [2.05, 4.69) is 0 Å². The van der Waals surface area contributed by atoms with Gasteiger partial charge in [-0.25, -0.2) is 9.18 Å². The minimum atomic E-state index is -5.08. The van der Waals surface area contributed by atoms with E-state index in [1.54, 1.807) is 6.07 Å². The summed E-state index contributed by atoms with van der Waals surface area (Å²) in [6.07, 6.45) is -3.31. The SMILES string of the molecule is C.NC1(c2cc(F)ccc2OCc2ccccc2)CC1.O=C(O)C(F)(F)F. The molecule has 2 aromatic rings. The Morgan fingerprint density at radius 3 is 2.19 bits per heavy atom. The average Bonchev–Trinajstić information content (AvgIpc) is 3.33. The third-order valence-corrected chi connectivity index (χ3v) is 3.75. The number of ether oxygens (including phenoxy) is 1. The van der Waals surface area contributed by atoms with Crippen LogP contribution in [0.4, 0.5) is 17.6 Å². The van der Waals surface area contributed by atoms with Crippen LogP contribution in [0, 0.1) is 5.82 Å². The maximum absolute atomic E-state index is 13.4. The summed E-state index contributed by atoms with van der Waals surface area (Å²) in [5.41, 5.74) is 7.63. The van der Waals surface area contributed by atoms with E-state index in [1.165, 1.54) is 12.1 Å². The Morgan fingerprint density at radius 2 is 1.70 bits per heavy atom. The second-order valence-corrected chi connectivity index (χ2v) is 5.87. The van der Waals surface area contributed by atoms with Crippen LogP contribution < -0.4 is 10.5 Å². The molecule has 27 heavy (non-hydrogen) atoms. The number of rotatable bonds is 4. The number of hydrogen-bond acceptors (Lipinski definition) is 3. The molecule has 0 atom stereocenters. The predicted molar refractivity (Wildman–Crippen MR) is 92.7 cm³/mol. The van der Waals surface area contributed by atoms with Crippen molar-refractivity contribution in [3.63, 3.8) is 0 Å². The largest absolute Gasteiger partial charge is 0.490 e. The molecular formula is C19H21F4NO3. The van der Waals surface area contributed by atoms with E-state index in [0.29, 0.717) is 12.4 Å². The first kappa shape index (κ1) is 22.4. The van der Waals surface area contributed by atoms with Crippen LogP contribution in [0.25, 0.3) is 0 Å². The normalized spacial score (nSPS) is 14.3. The molecule has 0 aliphatic heterocycles. The van der Waals surface area contributed by atoms with Gasteiger partial charge >= 0.3 is 12.1 Å². The Hall–Kier alpha value is -2.61. The maximum Gasteiger partial charge on any atom is 0.490 e. The van der Waals surface area contributed by atoms with Gasteiger partial charge in [-0.05, 0) is 36.6 Å². The van der Waals surface area contributed by atoms with Crippen LogP contribution in [-0.4, -0.2) is 17.3 Å². The zero-order chi connectivity index (χ0) is 19.4. The quantitative estimate of drug-likeness (QED) is 0.751. The highest BCUT2D eigenvalue weighted by Gasteiger charge is 2.42. The van der Waals surface area contributed by atoms with E-state index in [0.717, 1.165) is 24.0 Å². The predicted octanol–water partition coefficient (Wildman–Crippen LogP) is 4.62. The van der Waals surface area contributed by atoms with Crippen molar-refractivity contribution in [2.24, 2.45) is 5.73 Å². The van der Waals surface area contributed by atoms with Gasteiger partial charge in [0.25, 0.3) is 0 Å². The van der Waals surface area contributed by atoms with Crippen molar-refractivity contribution in [1.29, 1.82) is 0 Å². The second-order valence-electron chi connectivity index (χ2n) is 5.87. The number of carboxylic acid groups (broad SMARTS) is 1. The van der Waals surface area contributed by atoms with Crippen molar-refractivity contribution in [1.82, 2.24) is 0 Å². The Bertz CT molecular complexity index is 759. The third-order valence-electron chi connectivity index (χ3n) is 3.75. The molecule has 0 saturated heterocycles. The molecule has 8 heteroatoms. The van der Waals surface area contributed by atoms with Gasteiger partial charge in [0.05, 0.1) is 0 Å². The highest BCUT2D eigenvalue weighted by molar-refractivity contribution is 5.73. The fraction of sp³-hybridized carbons (Fsp3) is 0.316. The van der Waals surface area contributed by atoms with Crippen molar-refractivity contribution in [2.45, 2.75) is 38.6 Å². The summed E-state index contributed by atoms with van der Waals surface area (Å²) in [7, 11) is 0. The molecule has 0 spiro atoms. The van der Waals surface area contributed by atoms with E-state index in [-0.39, 0.29) is 13.2 Å². The fourth-order valence-corrected chi connectivity index (χ4v) is 2.16.